The average Bonchev–Trinajstić information content (AvgIpc) is 2.59. The molecule has 138 valence electrons. The SMILES string of the molecule is CCCCc1c(O)c(CCCC)c(CCCC)c(O)c1CCCC. The fourth-order valence-electron chi connectivity index (χ4n) is 3.43. The van der Waals surface area contributed by atoms with Crippen molar-refractivity contribution < 1.29 is 10.2 Å². The third-order valence-electron chi connectivity index (χ3n) is 4.99. The van der Waals surface area contributed by atoms with Crippen molar-refractivity contribution in [2.45, 2.75) is 105 Å². The standard InChI is InChI=1S/C22H38O2/c1-5-9-13-17-18(14-10-6-2)22(24)20(16-12-8-4)19(21(17)23)15-11-7-3/h23-24H,5-16H2,1-4H3. The van der Waals surface area contributed by atoms with Crippen LogP contribution < -0.4 is 0 Å². The highest BCUT2D eigenvalue weighted by molar-refractivity contribution is 5.58. The lowest BCUT2D eigenvalue weighted by molar-refractivity contribution is 0.432. The van der Waals surface area contributed by atoms with Gasteiger partial charge in [-0.05, 0) is 51.4 Å². The molecule has 0 fully saturated rings. The molecular formula is C22H38O2. The van der Waals surface area contributed by atoms with Crippen LogP contribution >= 0.6 is 0 Å². The molecule has 0 unspecified atom stereocenters. The topological polar surface area (TPSA) is 40.5 Å². The van der Waals surface area contributed by atoms with Crippen LogP contribution in [0.3, 0.4) is 0 Å². The summed E-state index contributed by atoms with van der Waals surface area (Å²) in [6.07, 6.45) is 12.2. The van der Waals surface area contributed by atoms with Gasteiger partial charge in [0.15, 0.2) is 0 Å². The number of hydrogen-bond donors (Lipinski definition) is 2. The van der Waals surface area contributed by atoms with Gasteiger partial charge in [-0.2, -0.15) is 0 Å². The van der Waals surface area contributed by atoms with E-state index in [1.165, 1.54) is 0 Å². The maximum absolute atomic E-state index is 11.0. The predicted octanol–water partition coefficient (Wildman–Crippen LogP) is 6.47. The summed E-state index contributed by atoms with van der Waals surface area (Å²) in [5, 5.41) is 22.0. The van der Waals surface area contributed by atoms with Gasteiger partial charge >= 0.3 is 0 Å². The Labute approximate surface area is 149 Å². The largest absolute Gasteiger partial charge is 0.507 e. The molecule has 0 radical (unpaired) electrons. The van der Waals surface area contributed by atoms with Crippen LogP contribution in [0.1, 0.15) is 101 Å². The van der Waals surface area contributed by atoms with Gasteiger partial charge in [-0.15, -0.1) is 0 Å². The summed E-state index contributed by atoms with van der Waals surface area (Å²) < 4.78 is 0. The number of rotatable bonds is 12. The van der Waals surface area contributed by atoms with E-state index < -0.39 is 0 Å². The molecule has 0 atom stereocenters. The van der Waals surface area contributed by atoms with Gasteiger partial charge in [-0.1, -0.05) is 53.4 Å². The lowest BCUT2D eigenvalue weighted by Gasteiger charge is -2.22. The molecule has 0 aromatic heterocycles. The lowest BCUT2D eigenvalue weighted by atomic mass is 9.86. The van der Waals surface area contributed by atoms with Gasteiger partial charge in [0.05, 0.1) is 0 Å². The summed E-state index contributed by atoms with van der Waals surface area (Å²) in [5.74, 6) is 0.985. The summed E-state index contributed by atoms with van der Waals surface area (Å²) in [6.45, 7) is 8.71. The first-order valence-electron chi connectivity index (χ1n) is 10.2. The average molecular weight is 335 g/mol. The van der Waals surface area contributed by atoms with Crippen LogP contribution in [-0.2, 0) is 25.7 Å². The summed E-state index contributed by atoms with van der Waals surface area (Å²) in [4.78, 5) is 0. The van der Waals surface area contributed by atoms with E-state index >= 15 is 0 Å². The first-order chi connectivity index (χ1) is 11.6. The number of phenolic OH excluding ortho intramolecular Hbond substituents is 2. The maximum atomic E-state index is 11.0. The molecule has 0 heterocycles. The maximum Gasteiger partial charge on any atom is 0.122 e. The Kier molecular flexibility index (Phi) is 9.90. The van der Waals surface area contributed by atoms with E-state index in [0.717, 1.165) is 99.3 Å². The van der Waals surface area contributed by atoms with Gasteiger partial charge in [0.25, 0.3) is 0 Å². The van der Waals surface area contributed by atoms with Crippen molar-refractivity contribution in [1.82, 2.24) is 0 Å². The van der Waals surface area contributed by atoms with Crippen molar-refractivity contribution >= 4 is 0 Å². The number of unbranched alkanes of at least 4 members (excludes halogenated alkanes) is 4. The van der Waals surface area contributed by atoms with Crippen molar-refractivity contribution in [2.75, 3.05) is 0 Å². The molecule has 1 aromatic rings. The highest BCUT2D eigenvalue weighted by Gasteiger charge is 2.22. The van der Waals surface area contributed by atoms with Gasteiger partial charge in [0.2, 0.25) is 0 Å². The van der Waals surface area contributed by atoms with E-state index in [4.69, 9.17) is 0 Å². The van der Waals surface area contributed by atoms with Gasteiger partial charge < -0.3 is 10.2 Å². The van der Waals surface area contributed by atoms with E-state index in [2.05, 4.69) is 27.7 Å². The first kappa shape index (κ1) is 20.9. The highest BCUT2D eigenvalue weighted by Crippen LogP contribution is 2.41. The molecule has 0 amide bonds. The van der Waals surface area contributed by atoms with Crippen LogP contribution in [0.25, 0.3) is 0 Å². The number of benzene rings is 1. The van der Waals surface area contributed by atoms with E-state index in [1.54, 1.807) is 0 Å². The molecule has 0 aliphatic carbocycles. The van der Waals surface area contributed by atoms with Gasteiger partial charge in [-0.3, -0.25) is 0 Å². The molecule has 24 heavy (non-hydrogen) atoms. The summed E-state index contributed by atoms with van der Waals surface area (Å²) in [5.41, 5.74) is 4.09. The van der Waals surface area contributed by atoms with Crippen LogP contribution in [-0.4, -0.2) is 10.2 Å². The molecule has 1 aromatic carbocycles. The second-order valence-corrected chi connectivity index (χ2v) is 7.03. The van der Waals surface area contributed by atoms with Crippen molar-refractivity contribution in [2.24, 2.45) is 0 Å². The second-order valence-electron chi connectivity index (χ2n) is 7.03. The first-order valence-corrected chi connectivity index (χ1v) is 10.2. The molecule has 0 aliphatic rings. The minimum Gasteiger partial charge on any atom is -0.507 e. The fourth-order valence-corrected chi connectivity index (χ4v) is 3.43. The summed E-state index contributed by atoms with van der Waals surface area (Å²) >= 11 is 0. The van der Waals surface area contributed by atoms with E-state index in [0.29, 0.717) is 11.5 Å². The molecule has 0 saturated heterocycles. The van der Waals surface area contributed by atoms with Crippen LogP contribution in [0.4, 0.5) is 0 Å². The van der Waals surface area contributed by atoms with Crippen molar-refractivity contribution in [3.63, 3.8) is 0 Å². The monoisotopic (exact) mass is 334 g/mol. The Morgan fingerprint density at radius 1 is 0.458 bits per heavy atom. The number of hydrogen-bond acceptors (Lipinski definition) is 2. The molecule has 2 nitrogen and oxygen atoms in total. The summed E-state index contributed by atoms with van der Waals surface area (Å²) in [7, 11) is 0. The number of aromatic hydroxyl groups is 2. The third-order valence-corrected chi connectivity index (χ3v) is 4.99. The Morgan fingerprint density at radius 2 is 0.667 bits per heavy atom. The zero-order valence-corrected chi connectivity index (χ0v) is 16.4. The van der Waals surface area contributed by atoms with Gasteiger partial charge in [0, 0.05) is 22.3 Å². The van der Waals surface area contributed by atoms with Crippen molar-refractivity contribution in [3.8, 4) is 11.5 Å². The van der Waals surface area contributed by atoms with Crippen LogP contribution in [0.2, 0.25) is 0 Å². The van der Waals surface area contributed by atoms with Crippen molar-refractivity contribution in [1.29, 1.82) is 0 Å². The molecule has 2 heteroatoms. The molecule has 0 aliphatic heterocycles. The molecule has 2 N–H and O–H groups in total. The molecular weight excluding hydrogens is 296 g/mol. The second kappa shape index (κ2) is 11.4. The zero-order valence-electron chi connectivity index (χ0n) is 16.4. The Hall–Kier alpha value is -1.18. The van der Waals surface area contributed by atoms with Crippen LogP contribution in [0, 0.1) is 0 Å². The Bertz CT molecular complexity index is 405. The number of phenols is 2. The van der Waals surface area contributed by atoms with Crippen LogP contribution in [0.5, 0.6) is 11.5 Å². The predicted molar refractivity (Wildman–Crippen MR) is 104 cm³/mol. The van der Waals surface area contributed by atoms with E-state index in [9.17, 15) is 10.2 Å². The van der Waals surface area contributed by atoms with Crippen LogP contribution in [0.15, 0.2) is 0 Å². The quantitative estimate of drug-likeness (QED) is 0.430. The summed E-state index contributed by atoms with van der Waals surface area (Å²) in [6, 6.07) is 0. The fraction of sp³-hybridized carbons (Fsp3) is 0.727. The molecule has 0 spiro atoms. The third kappa shape index (κ3) is 5.43. The highest BCUT2D eigenvalue weighted by atomic mass is 16.3. The minimum absolute atomic E-state index is 0.493. The van der Waals surface area contributed by atoms with Gasteiger partial charge in [-0.25, -0.2) is 0 Å². The minimum atomic E-state index is 0.493. The normalized spacial score (nSPS) is 11.2. The Balaban J connectivity index is 3.39. The Morgan fingerprint density at radius 3 is 0.833 bits per heavy atom. The van der Waals surface area contributed by atoms with Gasteiger partial charge in [0.1, 0.15) is 11.5 Å². The lowest BCUT2D eigenvalue weighted by Crippen LogP contribution is -2.05. The zero-order chi connectivity index (χ0) is 17.9. The smallest absolute Gasteiger partial charge is 0.122 e. The van der Waals surface area contributed by atoms with Crippen molar-refractivity contribution in [3.05, 3.63) is 22.3 Å². The van der Waals surface area contributed by atoms with E-state index in [-0.39, 0.29) is 0 Å². The molecule has 0 bridgehead atoms. The molecule has 0 saturated carbocycles. The van der Waals surface area contributed by atoms with E-state index in [1.807, 2.05) is 0 Å². The molecule has 1 rings (SSSR count).